The van der Waals surface area contributed by atoms with Gasteiger partial charge in [-0.25, -0.2) is 9.37 Å². The Kier molecular flexibility index (Phi) is 4.30. The summed E-state index contributed by atoms with van der Waals surface area (Å²) >= 11 is 0. The number of carbonyl (C=O) groups is 1. The number of aromatic nitrogens is 1. The van der Waals surface area contributed by atoms with Crippen molar-refractivity contribution >= 4 is 17.4 Å². The number of hydrogen-bond acceptors (Lipinski definition) is 3. The number of nitrogens with one attached hydrogen (secondary N) is 2. The fourth-order valence-corrected chi connectivity index (χ4v) is 1.82. The van der Waals surface area contributed by atoms with Crippen LogP contribution < -0.4 is 10.6 Å². The Balaban J connectivity index is 2.19. The molecule has 2 rings (SSSR count). The molecular weight excluding hydrogens is 257 g/mol. The minimum absolute atomic E-state index is 0.0380. The van der Waals surface area contributed by atoms with Gasteiger partial charge in [-0.2, -0.15) is 0 Å². The molecule has 0 aliphatic rings. The summed E-state index contributed by atoms with van der Waals surface area (Å²) in [6, 6.07) is 8.81. The number of nitrogens with zero attached hydrogens (tertiary/aromatic N) is 1. The molecule has 0 radical (unpaired) electrons. The minimum atomic E-state index is -0.655. The van der Waals surface area contributed by atoms with Gasteiger partial charge >= 0.3 is 0 Å². The van der Waals surface area contributed by atoms with Crippen LogP contribution in [0.25, 0.3) is 0 Å². The van der Waals surface area contributed by atoms with Crippen LogP contribution in [0.3, 0.4) is 0 Å². The van der Waals surface area contributed by atoms with Gasteiger partial charge in [-0.3, -0.25) is 4.79 Å². The Bertz CT molecular complexity index is 611. The van der Waals surface area contributed by atoms with Crippen molar-refractivity contribution < 1.29 is 9.18 Å². The molecule has 1 aromatic heterocycles. The fraction of sp³-hybridized carbons (Fsp3) is 0.200. The summed E-state index contributed by atoms with van der Waals surface area (Å²) < 4.78 is 14.0. The van der Waals surface area contributed by atoms with Gasteiger partial charge in [0.25, 0.3) is 5.91 Å². The predicted octanol–water partition coefficient (Wildman–Crippen LogP) is 3.08. The average molecular weight is 273 g/mol. The standard InChI is InChI=1S/C15H16FN3O/c1-3-10-4-6-11(7-5-10)19-15(20)12-8-9-18-14(17-2)13(12)16/h4-9H,3H2,1-2H3,(H,17,18)(H,19,20). The lowest BCUT2D eigenvalue weighted by Crippen LogP contribution is -2.15. The van der Waals surface area contributed by atoms with Crippen molar-refractivity contribution in [2.45, 2.75) is 13.3 Å². The van der Waals surface area contributed by atoms with Gasteiger partial charge in [-0.15, -0.1) is 0 Å². The smallest absolute Gasteiger partial charge is 0.258 e. The molecule has 20 heavy (non-hydrogen) atoms. The monoisotopic (exact) mass is 273 g/mol. The molecule has 1 aromatic carbocycles. The third-order valence-electron chi connectivity index (χ3n) is 2.99. The van der Waals surface area contributed by atoms with E-state index in [1.165, 1.54) is 17.8 Å². The lowest BCUT2D eigenvalue weighted by atomic mass is 10.1. The zero-order chi connectivity index (χ0) is 14.5. The number of amides is 1. The highest BCUT2D eigenvalue weighted by atomic mass is 19.1. The maximum atomic E-state index is 14.0. The zero-order valence-electron chi connectivity index (χ0n) is 11.4. The van der Waals surface area contributed by atoms with Crippen LogP contribution in [0.1, 0.15) is 22.8 Å². The van der Waals surface area contributed by atoms with Crippen molar-refractivity contribution in [1.82, 2.24) is 4.98 Å². The quantitative estimate of drug-likeness (QED) is 0.900. The summed E-state index contributed by atoms with van der Waals surface area (Å²) in [6.45, 7) is 2.05. The van der Waals surface area contributed by atoms with Gasteiger partial charge in [0.2, 0.25) is 0 Å². The number of pyridine rings is 1. The first-order valence-electron chi connectivity index (χ1n) is 6.38. The number of hydrogen-bond donors (Lipinski definition) is 2. The molecule has 5 heteroatoms. The Morgan fingerprint density at radius 2 is 1.95 bits per heavy atom. The molecule has 2 aromatic rings. The second kappa shape index (κ2) is 6.14. The Morgan fingerprint density at radius 1 is 1.25 bits per heavy atom. The van der Waals surface area contributed by atoms with Gasteiger partial charge < -0.3 is 10.6 Å². The van der Waals surface area contributed by atoms with E-state index in [0.717, 1.165) is 6.42 Å². The number of rotatable bonds is 4. The largest absolute Gasteiger partial charge is 0.371 e. The maximum absolute atomic E-state index is 14.0. The fourth-order valence-electron chi connectivity index (χ4n) is 1.82. The van der Waals surface area contributed by atoms with Gasteiger partial charge in [0, 0.05) is 18.9 Å². The second-order valence-corrected chi connectivity index (χ2v) is 4.28. The van der Waals surface area contributed by atoms with E-state index in [1.54, 1.807) is 19.2 Å². The molecule has 104 valence electrons. The number of carbonyl (C=O) groups excluding carboxylic acids is 1. The van der Waals surface area contributed by atoms with Crippen LogP contribution >= 0.6 is 0 Å². The first-order chi connectivity index (χ1) is 9.65. The molecule has 0 bridgehead atoms. The van der Waals surface area contributed by atoms with Crippen molar-refractivity contribution in [2.75, 3.05) is 17.7 Å². The summed E-state index contributed by atoms with van der Waals surface area (Å²) in [5, 5.41) is 5.27. The van der Waals surface area contributed by atoms with E-state index in [9.17, 15) is 9.18 Å². The maximum Gasteiger partial charge on any atom is 0.258 e. The summed E-state index contributed by atoms with van der Waals surface area (Å²) in [7, 11) is 1.55. The van der Waals surface area contributed by atoms with E-state index in [1.807, 2.05) is 12.1 Å². The Hall–Kier alpha value is -2.43. The van der Waals surface area contributed by atoms with E-state index in [-0.39, 0.29) is 11.4 Å². The zero-order valence-corrected chi connectivity index (χ0v) is 11.4. The van der Waals surface area contributed by atoms with Gasteiger partial charge in [0.15, 0.2) is 11.6 Å². The van der Waals surface area contributed by atoms with E-state index in [4.69, 9.17) is 0 Å². The summed E-state index contributed by atoms with van der Waals surface area (Å²) in [5.41, 5.74) is 1.77. The third-order valence-corrected chi connectivity index (χ3v) is 2.99. The van der Waals surface area contributed by atoms with Crippen molar-refractivity contribution in [2.24, 2.45) is 0 Å². The van der Waals surface area contributed by atoms with Crippen LogP contribution in [0, 0.1) is 5.82 Å². The molecule has 1 amide bonds. The van der Waals surface area contributed by atoms with Crippen molar-refractivity contribution in [1.29, 1.82) is 0 Å². The van der Waals surface area contributed by atoms with E-state index >= 15 is 0 Å². The lowest BCUT2D eigenvalue weighted by molar-refractivity contribution is 0.102. The van der Waals surface area contributed by atoms with Crippen molar-refractivity contribution in [3.63, 3.8) is 0 Å². The van der Waals surface area contributed by atoms with E-state index in [2.05, 4.69) is 22.5 Å². The molecule has 4 nitrogen and oxygen atoms in total. The SMILES string of the molecule is CCc1ccc(NC(=O)c2ccnc(NC)c2F)cc1. The van der Waals surface area contributed by atoms with Gasteiger partial charge in [-0.05, 0) is 30.2 Å². The average Bonchev–Trinajstić information content (AvgIpc) is 2.48. The molecule has 0 saturated heterocycles. The molecule has 0 unspecified atom stereocenters. The molecule has 0 aliphatic carbocycles. The summed E-state index contributed by atoms with van der Waals surface area (Å²) in [4.78, 5) is 15.9. The van der Waals surface area contributed by atoms with Gasteiger partial charge in [0.1, 0.15) is 0 Å². The Morgan fingerprint density at radius 3 is 2.55 bits per heavy atom. The van der Waals surface area contributed by atoms with Crippen LogP contribution in [0.5, 0.6) is 0 Å². The van der Waals surface area contributed by atoms with Crippen molar-refractivity contribution in [3.8, 4) is 0 Å². The van der Waals surface area contributed by atoms with Gasteiger partial charge in [0.05, 0.1) is 5.56 Å². The molecule has 0 saturated carbocycles. The molecule has 0 atom stereocenters. The van der Waals surface area contributed by atoms with Crippen LogP contribution in [0.4, 0.5) is 15.9 Å². The van der Waals surface area contributed by atoms with E-state index < -0.39 is 11.7 Å². The summed E-state index contributed by atoms with van der Waals surface area (Å²) in [5.74, 6) is -1.10. The number of halogens is 1. The number of benzene rings is 1. The van der Waals surface area contributed by atoms with Crippen LogP contribution in [-0.2, 0) is 6.42 Å². The first kappa shape index (κ1) is 14.0. The topological polar surface area (TPSA) is 54.0 Å². The molecule has 0 aliphatic heterocycles. The van der Waals surface area contributed by atoms with Crippen LogP contribution in [-0.4, -0.2) is 17.9 Å². The predicted molar refractivity (Wildman–Crippen MR) is 77.5 cm³/mol. The van der Waals surface area contributed by atoms with Gasteiger partial charge in [-0.1, -0.05) is 19.1 Å². The minimum Gasteiger partial charge on any atom is -0.371 e. The van der Waals surface area contributed by atoms with E-state index in [0.29, 0.717) is 5.69 Å². The molecule has 1 heterocycles. The normalized spacial score (nSPS) is 10.2. The molecule has 0 spiro atoms. The second-order valence-electron chi connectivity index (χ2n) is 4.28. The molecular formula is C15H16FN3O. The Labute approximate surface area is 117 Å². The summed E-state index contributed by atoms with van der Waals surface area (Å²) in [6.07, 6.45) is 2.32. The number of aryl methyl sites for hydroxylation is 1. The lowest BCUT2D eigenvalue weighted by Gasteiger charge is -2.08. The first-order valence-corrected chi connectivity index (χ1v) is 6.38. The van der Waals surface area contributed by atoms with Crippen LogP contribution in [0.2, 0.25) is 0 Å². The van der Waals surface area contributed by atoms with Crippen LogP contribution in [0.15, 0.2) is 36.5 Å². The highest BCUT2D eigenvalue weighted by Crippen LogP contribution is 2.17. The molecule has 2 N–H and O–H groups in total. The third kappa shape index (κ3) is 2.93. The van der Waals surface area contributed by atoms with Crippen molar-refractivity contribution in [3.05, 3.63) is 53.5 Å². The highest BCUT2D eigenvalue weighted by Gasteiger charge is 2.15. The highest BCUT2D eigenvalue weighted by molar-refractivity contribution is 6.04. The number of anilines is 2. The molecule has 0 fully saturated rings.